The van der Waals surface area contributed by atoms with Crippen LogP contribution in [-0.4, -0.2) is 25.0 Å². The lowest BCUT2D eigenvalue weighted by Gasteiger charge is -2.30. The molecular weight excluding hydrogens is 250 g/mol. The third-order valence-electron chi connectivity index (χ3n) is 3.88. The van der Waals surface area contributed by atoms with Gasteiger partial charge in [-0.3, -0.25) is 4.79 Å². The lowest BCUT2D eigenvalue weighted by molar-refractivity contribution is -0.118. The summed E-state index contributed by atoms with van der Waals surface area (Å²) in [5.41, 5.74) is 7.89. The maximum atomic E-state index is 12.1. The fourth-order valence-electron chi connectivity index (χ4n) is 2.51. The normalized spacial score (nSPS) is 17.1. The minimum Gasteiger partial charge on any atom is -0.370 e. The first-order valence-electron chi connectivity index (χ1n) is 7.50. The van der Waals surface area contributed by atoms with Crippen molar-refractivity contribution < 1.29 is 4.79 Å². The molecule has 1 saturated heterocycles. The van der Waals surface area contributed by atoms with Crippen molar-refractivity contribution in [2.45, 2.75) is 39.2 Å². The summed E-state index contributed by atoms with van der Waals surface area (Å²) in [6.07, 6.45) is 3.73. The van der Waals surface area contributed by atoms with Gasteiger partial charge in [0.25, 0.3) is 0 Å². The summed E-state index contributed by atoms with van der Waals surface area (Å²) in [7, 11) is 0. The number of piperidine rings is 1. The van der Waals surface area contributed by atoms with Gasteiger partial charge in [0.15, 0.2) is 0 Å². The molecule has 0 spiro atoms. The highest BCUT2D eigenvalue weighted by Gasteiger charge is 2.20. The van der Waals surface area contributed by atoms with E-state index in [9.17, 15) is 4.79 Å². The topological polar surface area (TPSA) is 58.4 Å². The summed E-state index contributed by atoms with van der Waals surface area (Å²) in [6, 6.07) is 7.52. The Hall–Kier alpha value is -1.55. The molecule has 4 heteroatoms. The third kappa shape index (κ3) is 3.51. The van der Waals surface area contributed by atoms with E-state index in [1.807, 2.05) is 32.0 Å². The fourth-order valence-corrected chi connectivity index (χ4v) is 2.51. The number of hydrogen-bond acceptors (Lipinski definition) is 3. The van der Waals surface area contributed by atoms with Crippen molar-refractivity contribution in [3.63, 3.8) is 0 Å². The number of carbonyl (C=O) groups is 1. The van der Waals surface area contributed by atoms with Gasteiger partial charge in [-0.25, -0.2) is 0 Å². The number of amides is 1. The molecule has 1 aliphatic rings. The zero-order valence-corrected chi connectivity index (χ0v) is 12.4. The Kier molecular flexibility index (Phi) is 5.01. The molecule has 4 nitrogen and oxygen atoms in total. The second-order valence-electron chi connectivity index (χ2n) is 5.82. The van der Waals surface area contributed by atoms with Crippen molar-refractivity contribution in [3.8, 4) is 0 Å². The second kappa shape index (κ2) is 6.75. The summed E-state index contributed by atoms with van der Waals surface area (Å²) in [4.78, 5) is 14.5. The molecular formula is C16H25N3O. The Bertz CT molecular complexity index is 453. The van der Waals surface area contributed by atoms with Gasteiger partial charge in [-0.1, -0.05) is 26.0 Å². The fraction of sp³-hybridized carbons (Fsp3) is 0.562. The predicted octanol–water partition coefficient (Wildman–Crippen LogP) is 2.60. The Labute approximate surface area is 121 Å². The highest BCUT2D eigenvalue weighted by atomic mass is 16.2. The Morgan fingerprint density at radius 3 is 2.50 bits per heavy atom. The summed E-state index contributed by atoms with van der Waals surface area (Å²) < 4.78 is 0. The van der Waals surface area contributed by atoms with Crippen LogP contribution >= 0.6 is 0 Å². The van der Waals surface area contributed by atoms with E-state index in [2.05, 4.69) is 16.3 Å². The zero-order chi connectivity index (χ0) is 14.5. The molecule has 1 fully saturated rings. The number of nitrogens with one attached hydrogen (secondary N) is 1. The van der Waals surface area contributed by atoms with E-state index in [-0.39, 0.29) is 11.8 Å². The number of rotatable bonds is 4. The third-order valence-corrected chi connectivity index (χ3v) is 3.88. The van der Waals surface area contributed by atoms with Gasteiger partial charge >= 0.3 is 0 Å². The van der Waals surface area contributed by atoms with Crippen molar-refractivity contribution in [3.05, 3.63) is 24.3 Å². The van der Waals surface area contributed by atoms with Crippen LogP contribution in [0.5, 0.6) is 0 Å². The lowest BCUT2D eigenvalue weighted by atomic mass is 10.0. The maximum Gasteiger partial charge on any atom is 0.241 e. The molecule has 1 unspecified atom stereocenters. The number of para-hydroxylation sites is 2. The minimum atomic E-state index is -0.468. The lowest BCUT2D eigenvalue weighted by Crippen LogP contribution is -2.40. The molecule has 0 bridgehead atoms. The molecule has 110 valence electrons. The molecule has 1 heterocycles. The molecule has 0 radical (unpaired) electrons. The van der Waals surface area contributed by atoms with E-state index in [0.29, 0.717) is 0 Å². The molecule has 1 aliphatic heterocycles. The number of anilines is 2. The first-order valence-corrected chi connectivity index (χ1v) is 7.50. The van der Waals surface area contributed by atoms with Gasteiger partial charge in [-0.15, -0.1) is 0 Å². The van der Waals surface area contributed by atoms with Gasteiger partial charge in [0.05, 0.1) is 17.4 Å². The van der Waals surface area contributed by atoms with Gasteiger partial charge in [-0.05, 0) is 37.3 Å². The summed E-state index contributed by atoms with van der Waals surface area (Å²) in [6.45, 7) is 6.04. The molecule has 1 aromatic rings. The van der Waals surface area contributed by atoms with Crippen LogP contribution in [0.15, 0.2) is 24.3 Å². The number of nitrogens with two attached hydrogens (primary N) is 1. The van der Waals surface area contributed by atoms with Crippen molar-refractivity contribution in [2.24, 2.45) is 11.7 Å². The largest absolute Gasteiger partial charge is 0.370 e. The van der Waals surface area contributed by atoms with Crippen LogP contribution in [0.2, 0.25) is 0 Å². The van der Waals surface area contributed by atoms with E-state index in [4.69, 9.17) is 5.73 Å². The van der Waals surface area contributed by atoms with Gasteiger partial charge in [-0.2, -0.15) is 0 Å². The molecule has 0 saturated carbocycles. The average molecular weight is 275 g/mol. The van der Waals surface area contributed by atoms with E-state index < -0.39 is 6.04 Å². The quantitative estimate of drug-likeness (QED) is 0.888. The van der Waals surface area contributed by atoms with Crippen LogP contribution in [0, 0.1) is 5.92 Å². The van der Waals surface area contributed by atoms with Crippen LogP contribution in [0.4, 0.5) is 11.4 Å². The molecule has 20 heavy (non-hydrogen) atoms. The van der Waals surface area contributed by atoms with E-state index in [1.165, 1.54) is 19.3 Å². The minimum absolute atomic E-state index is 0.107. The molecule has 0 aromatic heterocycles. The van der Waals surface area contributed by atoms with Gasteiger partial charge in [0, 0.05) is 13.1 Å². The highest BCUT2D eigenvalue weighted by Crippen LogP contribution is 2.28. The van der Waals surface area contributed by atoms with E-state index >= 15 is 0 Å². The first-order chi connectivity index (χ1) is 9.59. The molecule has 3 N–H and O–H groups in total. The first kappa shape index (κ1) is 14.9. The standard InChI is InChI=1S/C16H25N3O/c1-12(2)15(17)16(20)18-13-8-4-5-9-14(13)19-10-6-3-7-11-19/h4-5,8-9,12,15H,3,6-7,10-11,17H2,1-2H3,(H,18,20). The monoisotopic (exact) mass is 275 g/mol. The molecule has 1 atom stereocenters. The molecule has 0 aliphatic carbocycles. The second-order valence-corrected chi connectivity index (χ2v) is 5.82. The van der Waals surface area contributed by atoms with Crippen molar-refractivity contribution in [2.75, 3.05) is 23.3 Å². The van der Waals surface area contributed by atoms with Crippen LogP contribution in [-0.2, 0) is 4.79 Å². The Morgan fingerprint density at radius 2 is 1.85 bits per heavy atom. The van der Waals surface area contributed by atoms with Gasteiger partial charge in [0.2, 0.25) is 5.91 Å². The Morgan fingerprint density at radius 1 is 1.20 bits per heavy atom. The average Bonchev–Trinajstić information content (AvgIpc) is 2.47. The number of nitrogens with zero attached hydrogens (tertiary/aromatic N) is 1. The Balaban J connectivity index is 2.13. The highest BCUT2D eigenvalue weighted by molar-refractivity contribution is 5.97. The van der Waals surface area contributed by atoms with Crippen molar-refractivity contribution in [1.82, 2.24) is 0 Å². The SMILES string of the molecule is CC(C)C(N)C(=O)Nc1ccccc1N1CCCCC1. The van der Waals surface area contributed by atoms with E-state index in [0.717, 1.165) is 24.5 Å². The molecule has 1 aromatic carbocycles. The van der Waals surface area contributed by atoms with Crippen LogP contribution in [0.3, 0.4) is 0 Å². The molecule has 2 rings (SSSR count). The van der Waals surface area contributed by atoms with Crippen LogP contribution < -0.4 is 16.0 Å². The van der Waals surface area contributed by atoms with Crippen molar-refractivity contribution >= 4 is 17.3 Å². The predicted molar refractivity (Wildman–Crippen MR) is 83.9 cm³/mol. The molecule has 1 amide bonds. The van der Waals surface area contributed by atoms with E-state index in [1.54, 1.807) is 0 Å². The summed E-state index contributed by atoms with van der Waals surface area (Å²) >= 11 is 0. The van der Waals surface area contributed by atoms with Crippen molar-refractivity contribution in [1.29, 1.82) is 0 Å². The number of benzene rings is 1. The maximum absolute atomic E-state index is 12.1. The number of hydrogen-bond donors (Lipinski definition) is 2. The zero-order valence-electron chi connectivity index (χ0n) is 12.4. The van der Waals surface area contributed by atoms with Gasteiger partial charge < -0.3 is 16.0 Å². The smallest absolute Gasteiger partial charge is 0.241 e. The number of carbonyl (C=O) groups excluding carboxylic acids is 1. The summed E-state index contributed by atoms with van der Waals surface area (Å²) in [5.74, 6) is 0.0293. The van der Waals surface area contributed by atoms with Crippen LogP contribution in [0.25, 0.3) is 0 Å². The summed E-state index contributed by atoms with van der Waals surface area (Å²) in [5, 5.41) is 2.98. The van der Waals surface area contributed by atoms with Gasteiger partial charge in [0.1, 0.15) is 0 Å². The van der Waals surface area contributed by atoms with Crippen LogP contribution in [0.1, 0.15) is 33.1 Å².